The van der Waals surface area contributed by atoms with Gasteiger partial charge in [0.2, 0.25) is 0 Å². The second kappa shape index (κ2) is 7.72. The zero-order valence-corrected chi connectivity index (χ0v) is 15.0. The highest BCUT2D eigenvalue weighted by atomic mass is 35.5. The molecule has 3 rings (SSSR count). The molecule has 0 aliphatic carbocycles. The van der Waals surface area contributed by atoms with Crippen molar-refractivity contribution in [2.24, 2.45) is 4.99 Å². The second-order valence-electron chi connectivity index (χ2n) is 5.62. The molecule has 3 nitrogen and oxygen atoms in total. The van der Waals surface area contributed by atoms with Crippen molar-refractivity contribution < 1.29 is 18.0 Å². The molecule has 0 aromatic heterocycles. The minimum atomic E-state index is -4.37. The minimum Gasteiger partial charge on any atom is -0.286 e. The number of alkyl halides is 3. The Morgan fingerprint density at radius 1 is 1.19 bits per heavy atom. The van der Waals surface area contributed by atoms with Gasteiger partial charge in [-0.3, -0.25) is 14.7 Å². The van der Waals surface area contributed by atoms with E-state index in [1.165, 1.54) is 22.7 Å². The molecule has 0 bridgehead atoms. The van der Waals surface area contributed by atoms with Gasteiger partial charge in [0.05, 0.1) is 12.1 Å². The van der Waals surface area contributed by atoms with E-state index >= 15 is 0 Å². The summed E-state index contributed by atoms with van der Waals surface area (Å²) in [6, 6.07) is 11.8. The van der Waals surface area contributed by atoms with Gasteiger partial charge in [-0.1, -0.05) is 47.6 Å². The molecule has 0 saturated carbocycles. The molecule has 1 aliphatic rings. The zero-order valence-electron chi connectivity index (χ0n) is 13.5. The summed E-state index contributed by atoms with van der Waals surface area (Å²) in [7, 11) is 0. The number of benzene rings is 2. The average molecular weight is 399 g/mol. The predicted octanol–water partition coefficient (Wildman–Crippen LogP) is 5.10. The third-order valence-corrected chi connectivity index (χ3v) is 5.06. The summed E-state index contributed by atoms with van der Waals surface area (Å²) in [4.78, 5) is 18.5. The number of halogens is 4. The molecule has 136 valence electrons. The molecule has 0 radical (unpaired) electrons. The first-order valence-electron chi connectivity index (χ1n) is 7.75. The first kappa shape index (κ1) is 18.8. The normalized spacial score (nSPS) is 14.5. The van der Waals surface area contributed by atoms with Gasteiger partial charge >= 0.3 is 6.18 Å². The van der Waals surface area contributed by atoms with Crippen molar-refractivity contribution in [2.75, 3.05) is 13.1 Å². The molecule has 26 heavy (non-hydrogen) atoms. The minimum absolute atomic E-state index is 0.222. The van der Waals surface area contributed by atoms with Crippen LogP contribution in [-0.4, -0.2) is 29.1 Å². The van der Waals surface area contributed by atoms with Crippen LogP contribution in [0.1, 0.15) is 21.5 Å². The lowest BCUT2D eigenvalue weighted by molar-refractivity contribution is -0.137. The van der Waals surface area contributed by atoms with Crippen molar-refractivity contribution in [3.63, 3.8) is 0 Å². The van der Waals surface area contributed by atoms with E-state index in [1.54, 1.807) is 30.3 Å². The van der Waals surface area contributed by atoms with Crippen molar-refractivity contribution >= 4 is 34.4 Å². The lowest BCUT2D eigenvalue weighted by Crippen LogP contribution is -2.32. The van der Waals surface area contributed by atoms with Crippen molar-refractivity contribution in [1.82, 2.24) is 4.90 Å². The van der Waals surface area contributed by atoms with Gasteiger partial charge in [0.25, 0.3) is 5.91 Å². The third-order valence-electron chi connectivity index (χ3n) is 3.74. The number of hydrogen-bond acceptors (Lipinski definition) is 3. The topological polar surface area (TPSA) is 32.7 Å². The molecule has 0 fully saturated rings. The SMILES string of the molecule is O=C(c1cccc(Cl)c1)N1CCN=C1SCc1cccc(C(F)(F)F)c1. The van der Waals surface area contributed by atoms with Gasteiger partial charge in [0.1, 0.15) is 0 Å². The highest BCUT2D eigenvalue weighted by Crippen LogP contribution is 2.31. The first-order chi connectivity index (χ1) is 12.3. The van der Waals surface area contributed by atoms with Crippen LogP contribution in [-0.2, 0) is 11.9 Å². The lowest BCUT2D eigenvalue weighted by atomic mass is 10.1. The average Bonchev–Trinajstić information content (AvgIpc) is 3.07. The Morgan fingerprint density at radius 3 is 2.69 bits per heavy atom. The Bertz CT molecular complexity index is 854. The summed E-state index contributed by atoms with van der Waals surface area (Å²) in [6.45, 7) is 0.910. The number of thioether (sulfide) groups is 1. The number of amides is 1. The van der Waals surface area contributed by atoms with E-state index in [-0.39, 0.29) is 5.91 Å². The van der Waals surface area contributed by atoms with Crippen molar-refractivity contribution in [3.8, 4) is 0 Å². The summed E-state index contributed by atoms with van der Waals surface area (Å²) in [5.74, 6) is 0.0718. The van der Waals surface area contributed by atoms with Crippen molar-refractivity contribution in [1.29, 1.82) is 0 Å². The van der Waals surface area contributed by atoms with E-state index in [0.717, 1.165) is 12.1 Å². The quantitative estimate of drug-likeness (QED) is 0.720. The second-order valence-corrected chi connectivity index (χ2v) is 7.00. The molecule has 1 aliphatic heterocycles. The van der Waals surface area contributed by atoms with Gasteiger partial charge in [-0.15, -0.1) is 0 Å². The van der Waals surface area contributed by atoms with Gasteiger partial charge in [-0.2, -0.15) is 13.2 Å². The van der Waals surface area contributed by atoms with Crippen LogP contribution in [0.3, 0.4) is 0 Å². The number of hydrogen-bond donors (Lipinski definition) is 0. The van der Waals surface area contributed by atoms with Crippen LogP contribution >= 0.6 is 23.4 Å². The lowest BCUT2D eigenvalue weighted by Gasteiger charge is -2.18. The fourth-order valence-corrected chi connectivity index (χ4v) is 3.68. The van der Waals surface area contributed by atoms with Gasteiger partial charge in [-0.25, -0.2) is 0 Å². The third kappa shape index (κ3) is 4.40. The molecule has 0 atom stereocenters. The maximum Gasteiger partial charge on any atom is 0.416 e. The van der Waals surface area contributed by atoms with Crippen LogP contribution in [0.2, 0.25) is 5.02 Å². The van der Waals surface area contributed by atoms with Crippen LogP contribution in [0.5, 0.6) is 0 Å². The van der Waals surface area contributed by atoms with E-state index in [4.69, 9.17) is 11.6 Å². The van der Waals surface area contributed by atoms with Crippen LogP contribution in [0, 0.1) is 0 Å². The van der Waals surface area contributed by atoms with Crippen LogP contribution in [0.25, 0.3) is 0 Å². The van der Waals surface area contributed by atoms with Gasteiger partial charge in [0.15, 0.2) is 5.17 Å². The molecule has 0 N–H and O–H groups in total. The van der Waals surface area contributed by atoms with E-state index in [1.807, 2.05) is 0 Å². The maximum absolute atomic E-state index is 12.8. The molecule has 1 heterocycles. The number of aliphatic imine (C=N–C) groups is 1. The zero-order chi connectivity index (χ0) is 18.7. The molecule has 0 unspecified atom stereocenters. The molecule has 0 saturated heterocycles. The molecular formula is C18H14ClF3N2OS. The predicted molar refractivity (Wildman–Crippen MR) is 97.5 cm³/mol. The number of nitrogens with zero attached hydrogens (tertiary/aromatic N) is 2. The number of carbonyl (C=O) groups is 1. The largest absolute Gasteiger partial charge is 0.416 e. The van der Waals surface area contributed by atoms with Crippen molar-refractivity contribution in [2.45, 2.75) is 11.9 Å². The van der Waals surface area contributed by atoms with Crippen LogP contribution in [0.15, 0.2) is 53.5 Å². The summed E-state index contributed by atoms with van der Waals surface area (Å²) in [5, 5.41) is 0.970. The Kier molecular flexibility index (Phi) is 5.58. The van der Waals surface area contributed by atoms with E-state index in [2.05, 4.69) is 4.99 Å². The van der Waals surface area contributed by atoms with Gasteiger partial charge in [0, 0.05) is 22.9 Å². The monoisotopic (exact) mass is 398 g/mol. The molecule has 8 heteroatoms. The molecule has 2 aromatic carbocycles. The van der Waals surface area contributed by atoms with E-state index in [0.29, 0.717) is 40.2 Å². The Hall–Kier alpha value is -1.99. The summed E-state index contributed by atoms with van der Waals surface area (Å²) >= 11 is 7.17. The van der Waals surface area contributed by atoms with Crippen molar-refractivity contribution in [3.05, 3.63) is 70.2 Å². The van der Waals surface area contributed by atoms with E-state index in [9.17, 15) is 18.0 Å². The fourth-order valence-electron chi connectivity index (χ4n) is 2.50. The standard InChI is InChI=1S/C18H14ClF3N2OS/c19-15-6-2-4-13(10-15)16(25)24-8-7-23-17(24)26-11-12-3-1-5-14(9-12)18(20,21)22/h1-6,9-10H,7-8,11H2. The molecule has 1 amide bonds. The number of rotatable bonds is 3. The fraction of sp³-hybridized carbons (Fsp3) is 0.222. The van der Waals surface area contributed by atoms with E-state index < -0.39 is 11.7 Å². The molecule has 0 spiro atoms. The first-order valence-corrected chi connectivity index (χ1v) is 9.12. The summed E-state index contributed by atoms with van der Waals surface area (Å²) in [6.07, 6.45) is -4.37. The number of amidine groups is 1. The van der Waals surface area contributed by atoms with Crippen LogP contribution in [0.4, 0.5) is 13.2 Å². The summed E-state index contributed by atoms with van der Waals surface area (Å²) < 4.78 is 38.4. The Morgan fingerprint density at radius 2 is 1.96 bits per heavy atom. The highest BCUT2D eigenvalue weighted by Gasteiger charge is 2.30. The number of carbonyl (C=O) groups excluding carboxylic acids is 1. The summed E-state index contributed by atoms with van der Waals surface area (Å²) in [5.41, 5.74) is 0.289. The smallest absolute Gasteiger partial charge is 0.286 e. The molecular weight excluding hydrogens is 385 g/mol. The molecule has 2 aromatic rings. The van der Waals surface area contributed by atoms with Gasteiger partial charge in [-0.05, 0) is 29.8 Å². The maximum atomic E-state index is 12.8. The Labute approximate surface area is 157 Å². The highest BCUT2D eigenvalue weighted by molar-refractivity contribution is 8.13. The van der Waals surface area contributed by atoms with Crippen LogP contribution < -0.4 is 0 Å². The Balaban J connectivity index is 1.69. The van der Waals surface area contributed by atoms with Gasteiger partial charge < -0.3 is 0 Å².